The van der Waals surface area contributed by atoms with E-state index in [9.17, 15) is 14.4 Å². The standard InChI is InChI=1S/C23H30N4O3S2/c1-2-12-27-22(30)20-16-8-4-3-5-9-17(16)32-21(20)25-23(27)31-15-18(28)24-11-7-14-26-13-6-10-19(26)29/h2H,1,3-15H2,(H,24,28). The summed E-state index contributed by atoms with van der Waals surface area (Å²) in [6.07, 6.45) is 9.45. The minimum absolute atomic E-state index is 0.0208. The van der Waals surface area contributed by atoms with Crippen molar-refractivity contribution in [3.05, 3.63) is 33.4 Å². The van der Waals surface area contributed by atoms with Crippen molar-refractivity contribution in [3.63, 3.8) is 0 Å². The molecule has 172 valence electrons. The summed E-state index contributed by atoms with van der Waals surface area (Å²) in [5.41, 5.74) is 1.16. The van der Waals surface area contributed by atoms with Crippen molar-refractivity contribution in [2.45, 2.75) is 63.1 Å². The van der Waals surface area contributed by atoms with E-state index in [-0.39, 0.29) is 23.1 Å². The average Bonchev–Trinajstić information content (AvgIpc) is 3.26. The number of thioether (sulfide) groups is 1. The van der Waals surface area contributed by atoms with Crippen molar-refractivity contribution in [1.29, 1.82) is 0 Å². The van der Waals surface area contributed by atoms with Gasteiger partial charge in [-0.15, -0.1) is 17.9 Å². The van der Waals surface area contributed by atoms with Crippen LogP contribution in [0.1, 0.15) is 49.0 Å². The molecule has 1 aliphatic heterocycles. The third kappa shape index (κ3) is 5.09. The maximum atomic E-state index is 13.3. The second-order valence-electron chi connectivity index (χ2n) is 8.32. The molecule has 1 aliphatic carbocycles. The molecule has 2 aromatic rings. The van der Waals surface area contributed by atoms with E-state index in [4.69, 9.17) is 4.98 Å². The van der Waals surface area contributed by atoms with Crippen LogP contribution in [0.25, 0.3) is 10.2 Å². The zero-order valence-corrected chi connectivity index (χ0v) is 20.0. The van der Waals surface area contributed by atoms with Gasteiger partial charge in [-0.3, -0.25) is 19.0 Å². The van der Waals surface area contributed by atoms with Crippen molar-refractivity contribution >= 4 is 45.1 Å². The first-order valence-corrected chi connectivity index (χ1v) is 13.2. The van der Waals surface area contributed by atoms with Crippen molar-refractivity contribution in [2.75, 3.05) is 25.4 Å². The Kier molecular flexibility index (Phi) is 7.67. The second kappa shape index (κ2) is 10.7. The van der Waals surface area contributed by atoms with Gasteiger partial charge in [-0.05, 0) is 44.1 Å². The first kappa shape index (κ1) is 23.0. The van der Waals surface area contributed by atoms with Crippen LogP contribution >= 0.6 is 23.1 Å². The van der Waals surface area contributed by atoms with Gasteiger partial charge in [0.2, 0.25) is 11.8 Å². The van der Waals surface area contributed by atoms with Gasteiger partial charge < -0.3 is 10.2 Å². The predicted molar refractivity (Wildman–Crippen MR) is 130 cm³/mol. The highest BCUT2D eigenvalue weighted by Crippen LogP contribution is 2.34. The lowest BCUT2D eigenvalue weighted by molar-refractivity contribution is -0.127. The first-order chi connectivity index (χ1) is 15.6. The third-order valence-corrected chi connectivity index (χ3v) is 8.19. The van der Waals surface area contributed by atoms with Crippen molar-refractivity contribution in [2.24, 2.45) is 0 Å². The van der Waals surface area contributed by atoms with Crippen LogP contribution in [-0.4, -0.2) is 51.7 Å². The molecule has 0 bridgehead atoms. The summed E-state index contributed by atoms with van der Waals surface area (Å²) >= 11 is 2.93. The van der Waals surface area contributed by atoms with Crippen LogP contribution in [0.2, 0.25) is 0 Å². The van der Waals surface area contributed by atoms with Crippen molar-refractivity contribution in [1.82, 2.24) is 19.8 Å². The number of aryl methyl sites for hydroxylation is 2. The Morgan fingerprint density at radius 2 is 2.03 bits per heavy atom. The Bertz CT molecular complexity index is 1080. The monoisotopic (exact) mass is 474 g/mol. The summed E-state index contributed by atoms with van der Waals surface area (Å²) in [7, 11) is 0. The summed E-state index contributed by atoms with van der Waals surface area (Å²) < 4.78 is 1.64. The molecule has 1 fully saturated rings. The topological polar surface area (TPSA) is 84.3 Å². The third-order valence-electron chi connectivity index (χ3n) is 6.03. The molecule has 0 aromatic carbocycles. The lowest BCUT2D eigenvalue weighted by atomic mass is 10.1. The Hall–Kier alpha value is -2.13. The lowest BCUT2D eigenvalue weighted by Gasteiger charge is -2.15. The number of thiophene rings is 1. The fraction of sp³-hybridized carbons (Fsp3) is 0.565. The molecule has 1 N–H and O–H groups in total. The van der Waals surface area contributed by atoms with Gasteiger partial charge in [0.15, 0.2) is 5.16 Å². The predicted octanol–water partition coefficient (Wildman–Crippen LogP) is 3.13. The molecule has 2 aromatic heterocycles. The Morgan fingerprint density at radius 3 is 2.81 bits per heavy atom. The average molecular weight is 475 g/mol. The van der Waals surface area contributed by atoms with E-state index in [0.717, 1.165) is 55.3 Å². The van der Waals surface area contributed by atoms with Crippen molar-refractivity contribution < 1.29 is 9.59 Å². The van der Waals surface area contributed by atoms with E-state index in [1.54, 1.807) is 22.0 Å². The van der Waals surface area contributed by atoms with E-state index < -0.39 is 0 Å². The van der Waals surface area contributed by atoms with Crippen LogP contribution in [0.4, 0.5) is 0 Å². The summed E-state index contributed by atoms with van der Waals surface area (Å²) in [6, 6.07) is 0. The minimum atomic E-state index is -0.0933. The van der Waals surface area contributed by atoms with Gasteiger partial charge in [-0.25, -0.2) is 4.98 Å². The number of aromatic nitrogens is 2. The molecule has 3 heterocycles. The fourth-order valence-corrected chi connectivity index (χ4v) is 6.56. The molecule has 0 saturated carbocycles. The molecule has 9 heteroatoms. The fourth-order valence-electron chi connectivity index (χ4n) is 4.42. The van der Waals surface area contributed by atoms with Gasteiger partial charge in [-0.1, -0.05) is 24.3 Å². The molecule has 0 atom stereocenters. The van der Waals surface area contributed by atoms with Crippen LogP contribution in [0, 0.1) is 0 Å². The Morgan fingerprint density at radius 1 is 1.19 bits per heavy atom. The molecule has 2 aliphatic rings. The smallest absolute Gasteiger partial charge is 0.263 e. The van der Waals surface area contributed by atoms with E-state index in [2.05, 4.69) is 11.9 Å². The number of carbonyl (C=O) groups is 2. The van der Waals surface area contributed by atoms with Gasteiger partial charge in [0, 0.05) is 37.5 Å². The SMILES string of the molecule is C=CCn1c(SCC(=O)NCCCN2CCCC2=O)nc2sc3c(c2c1=O)CCCCC3. The molecule has 0 unspecified atom stereocenters. The van der Waals surface area contributed by atoms with Crippen LogP contribution in [0.5, 0.6) is 0 Å². The van der Waals surface area contributed by atoms with Gasteiger partial charge in [-0.2, -0.15) is 0 Å². The normalized spacial score (nSPS) is 16.2. The van der Waals surface area contributed by atoms with Crippen LogP contribution in [0.15, 0.2) is 22.6 Å². The molecule has 0 radical (unpaired) electrons. The zero-order chi connectivity index (χ0) is 22.5. The van der Waals surface area contributed by atoms with Crippen LogP contribution in [-0.2, 0) is 29.0 Å². The number of hydrogen-bond acceptors (Lipinski definition) is 6. The highest BCUT2D eigenvalue weighted by atomic mass is 32.2. The van der Waals surface area contributed by atoms with Gasteiger partial charge in [0.1, 0.15) is 4.83 Å². The van der Waals surface area contributed by atoms with Crippen molar-refractivity contribution in [3.8, 4) is 0 Å². The van der Waals surface area contributed by atoms with Gasteiger partial charge in [0.05, 0.1) is 11.1 Å². The first-order valence-electron chi connectivity index (χ1n) is 11.4. The molecule has 2 amide bonds. The molecule has 1 saturated heterocycles. The van der Waals surface area contributed by atoms with Gasteiger partial charge in [0.25, 0.3) is 5.56 Å². The molecule has 4 rings (SSSR count). The van der Waals surface area contributed by atoms with E-state index in [1.165, 1.54) is 28.6 Å². The second-order valence-corrected chi connectivity index (χ2v) is 10.3. The quantitative estimate of drug-likeness (QED) is 0.198. The summed E-state index contributed by atoms with van der Waals surface area (Å²) in [6.45, 7) is 6.21. The largest absolute Gasteiger partial charge is 0.355 e. The van der Waals surface area contributed by atoms with E-state index in [1.807, 2.05) is 4.90 Å². The number of fused-ring (bicyclic) bond motifs is 3. The number of nitrogens with zero attached hydrogens (tertiary/aromatic N) is 3. The highest BCUT2D eigenvalue weighted by molar-refractivity contribution is 7.99. The molecular formula is C23H30N4O3S2. The Labute approximate surface area is 196 Å². The van der Waals surface area contributed by atoms with Crippen LogP contribution in [0.3, 0.4) is 0 Å². The zero-order valence-electron chi connectivity index (χ0n) is 18.4. The number of rotatable bonds is 9. The number of allylic oxidation sites excluding steroid dienone is 1. The molecule has 7 nitrogen and oxygen atoms in total. The number of amides is 2. The number of nitrogens with one attached hydrogen (secondary N) is 1. The number of hydrogen-bond donors (Lipinski definition) is 1. The maximum Gasteiger partial charge on any atom is 0.263 e. The maximum absolute atomic E-state index is 13.3. The molecular weight excluding hydrogens is 444 g/mol. The number of carbonyl (C=O) groups excluding carboxylic acids is 2. The molecule has 32 heavy (non-hydrogen) atoms. The highest BCUT2D eigenvalue weighted by Gasteiger charge is 2.22. The van der Waals surface area contributed by atoms with Gasteiger partial charge >= 0.3 is 0 Å². The summed E-state index contributed by atoms with van der Waals surface area (Å²) in [4.78, 5) is 46.1. The van der Waals surface area contributed by atoms with E-state index >= 15 is 0 Å². The summed E-state index contributed by atoms with van der Waals surface area (Å²) in [5.74, 6) is 0.312. The van der Waals surface area contributed by atoms with Crippen LogP contribution < -0.4 is 10.9 Å². The molecule has 0 spiro atoms. The summed E-state index contributed by atoms with van der Waals surface area (Å²) in [5, 5.41) is 4.24. The Balaban J connectivity index is 1.41. The van der Waals surface area contributed by atoms with E-state index in [0.29, 0.717) is 31.2 Å². The number of likely N-dealkylation sites (tertiary alicyclic amines) is 1. The lowest BCUT2D eigenvalue weighted by Crippen LogP contribution is -2.31. The minimum Gasteiger partial charge on any atom is -0.355 e.